The molecule has 0 fully saturated rings. The van der Waals surface area contributed by atoms with E-state index in [1.807, 2.05) is 48.7 Å². The minimum absolute atomic E-state index is 0.538. The zero-order chi connectivity index (χ0) is 30.6. The van der Waals surface area contributed by atoms with Crippen LogP contribution < -0.4 is 0 Å². The molecule has 11 aromatic rings. The van der Waals surface area contributed by atoms with Crippen molar-refractivity contribution in [2.45, 2.75) is 0 Å². The van der Waals surface area contributed by atoms with Crippen molar-refractivity contribution in [1.82, 2.24) is 19.5 Å². The summed E-state index contributed by atoms with van der Waals surface area (Å²) in [6.07, 6.45) is 3.59. The zero-order valence-electron chi connectivity index (χ0n) is 24.8. The molecule has 0 radical (unpaired) electrons. The molecule has 218 valence electrons. The molecular weight excluding hydrogens is 580 g/mol. The fourth-order valence-corrected chi connectivity index (χ4v) is 7.51. The second-order valence-corrected chi connectivity index (χ2v) is 12.0. The fraction of sp³-hybridized carbons (Fsp3) is 0. The predicted octanol–water partition coefficient (Wildman–Crippen LogP) is 10.7. The highest BCUT2D eigenvalue weighted by Crippen LogP contribution is 2.47. The highest BCUT2D eigenvalue weighted by molar-refractivity contribution is 6.36. The maximum atomic E-state index is 6.83. The molecule has 0 unspecified atom stereocenters. The third-order valence-corrected chi connectivity index (χ3v) is 9.47. The number of furan rings is 2. The molecule has 6 nitrogen and oxygen atoms in total. The Morgan fingerprint density at radius 1 is 0.489 bits per heavy atom. The number of nitrogens with zero attached hydrogens (tertiary/aromatic N) is 4. The van der Waals surface area contributed by atoms with E-state index in [4.69, 9.17) is 18.8 Å². The summed E-state index contributed by atoms with van der Waals surface area (Å²) < 4.78 is 15.5. The van der Waals surface area contributed by atoms with E-state index in [-0.39, 0.29) is 0 Å². The van der Waals surface area contributed by atoms with Crippen LogP contribution in [0.2, 0.25) is 0 Å². The van der Waals surface area contributed by atoms with Crippen molar-refractivity contribution in [3.63, 3.8) is 0 Å². The van der Waals surface area contributed by atoms with Crippen LogP contribution in [0.4, 0.5) is 0 Å². The van der Waals surface area contributed by atoms with E-state index in [0.29, 0.717) is 17.2 Å². The van der Waals surface area contributed by atoms with Crippen molar-refractivity contribution in [2.24, 2.45) is 0 Å². The molecule has 0 amide bonds. The summed E-state index contributed by atoms with van der Waals surface area (Å²) >= 11 is 0. The Kier molecular flexibility index (Phi) is 4.75. The fourth-order valence-electron chi connectivity index (χ4n) is 7.51. The predicted molar refractivity (Wildman–Crippen MR) is 189 cm³/mol. The third kappa shape index (κ3) is 3.26. The highest BCUT2D eigenvalue weighted by atomic mass is 16.3. The summed E-state index contributed by atoms with van der Waals surface area (Å²) in [6.45, 7) is 0. The second-order valence-electron chi connectivity index (χ2n) is 12.0. The number of hydrogen-bond acceptors (Lipinski definition) is 5. The first-order valence-corrected chi connectivity index (χ1v) is 15.6. The monoisotopic (exact) mass is 602 g/mol. The summed E-state index contributed by atoms with van der Waals surface area (Å²) in [5.74, 6) is 0.538. The van der Waals surface area contributed by atoms with E-state index >= 15 is 0 Å². The van der Waals surface area contributed by atoms with E-state index in [9.17, 15) is 0 Å². The number of aromatic nitrogens is 4. The van der Waals surface area contributed by atoms with Gasteiger partial charge < -0.3 is 8.83 Å². The van der Waals surface area contributed by atoms with Gasteiger partial charge in [0.15, 0.2) is 11.2 Å². The van der Waals surface area contributed by atoms with Gasteiger partial charge in [-0.05, 0) is 46.5 Å². The van der Waals surface area contributed by atoms with Crippen LogP contribution >= 0.6 is 0 Å². The number of benzene rings is 6. The Hall–Kier alpha value is -6.53. The maximum absolute atomic E-state index is 6.83. The summed E-state index contributed by atoms with van der Waals surface area (Å²) in [5, 5.41) is 9.87. The van der Waals surface area contributed by atoms with Gasteiger partial charge in [-0.3, -0.25) is 9.55 Å². The molecule has 5 aromatic heterocycles. The van der Waals surface area contributed by atoms with Crippen LogP contribution in [0.15, 0.2) is 143 Å². The normalized spacial score (nSPS) is 12.3. The lowest BCUT2D eigenvalue weighted by molar-refractivity contribution is 0.666. The van der Waals surface area contributed by atoms with Crippen LogP contribution in [0.5, 0.6) is 0 Å². The molecule has 0 saturated heterocycles. The number of fused-ring (bicyclic) bond motifs is 15. The molecule has 6 heteroatoms. The van der Waals surface area contributed by atoms with Crippen molar-refractivity contribution in [2.75, 3.05) is 0 Å². The number of hydrogen-bond donors (Lipinski definition) is 0. The average molecular weight is 603 g/mol. The first kappa shape index (κ1) is 24.8. The minimum Gasteiger partial charge on any atom is -0.454 e. The Labute approximate surface area is 266 Å². The summed E-state index contributed by atoms with van der Waals surface area (Å²) in [7, 11) is 0. The smallest absolute Gasteiger partial charge is 0.236 e. The molecule has 11 rings (SSSR count). The van der Waals surface area contributed by atoms with Gasteiger partial charge in [-0.15, -0.1) is 0 Å². The van der Waals surface area contributed by atoms with E-state index in [2.05, 4.69) is 88.4 Å². The van der Waals surface area contributed by atoms with Crippen molar-refractivity contribution < 1.29 is 8.83 Å². The van der Waals surface area contributed by atoms with Crippen molar-refractivity contribution in [3.05, 3.63) is 134 Å². The summed E-state index contributed by atoms with van der Waals surface area (Å²) in [4.78, 5) is 15.1. The van der Waals surface area contributed by atoms with E-state index < -0.39 is 0 Å². The summed E-state index contributed by atoms with van der Waals surface area (Å²) in [6, 6.07) is 41.8. The third-order valence-electron chi connectivity index (χ3n) is 9.47. The van der Waals surface area contributed by atoms with E-state index in [1.165, 1.54) is 0 Å². The standard InChI is InChI=1S/C41H22N4O2/c1-2-12-25-23(10-1)19-20-30-33-26-13-3-4-14-27(26)34-28-15-5-7-17-31(28)46-39(34)38(33)45(37(25)30)41-43-35(24-11-9-21-42-22-24)40-36(44-41)29-16-6-8-18-32(29)47-40/h1-22H. The largest absolute Gasteiger partial charge is 0.454 e. The Bertz CT molecular complexity index is 3080. The lowest BCUT2D eigenvalue weighted by atomic mass is 9.98. The van der Waals surface area contributed by atoms with Crippen molar-refractivity contribution in [3.8, 4) is 17.2 Å². The van der Waals surface area contributed by atoms with Crippen LogP contribution in [0.3, 0.4) is 0 Å². The number of rotatable bonds is 2. The first-order chi connectivity index (χ1) is 23.3. The van der Waals surface area contributed by atoms with Gasteiger partial charge in [0, 0.05) is 50.3 Å². The highest BCUT2D eigenvalue weighted by Gasteiger charge is 2.26. The molecule has 0 aliphatic carbocycles. The van der Waals surface area contributed by atoms with Gasteiger partial charge in [0.1, 0.15) is 27.9 Å². The molecular formula is C41H22N4O2. The lowest BCUT2D eigenvalue weighted by Gasteiger charge is -2.11. The lowest BCUT2D eigenvalue weighted by Crippen LogP contribution is -2.03. The van der Waals surface area contributed by atoms with E-state index in [1.54, 1.807) is 6.20 Å². The van der Waals surface area contributed by atoms with Crippen LogP contribution in [-0.2, 0) is 0 Å². The molecule has 0 saturated carbocycles. The molecule has 0 atom stereocenters. The first-order valence-electron chi connectivity index (χ1n) is 15.6. The molecule has 47 heavy (non-hydrogen) atoms. The zero-order valence-corrected chi connectivity index (χ0v) is 24.8. The number of para-hydroxylation sites is 2. The Morgan fingerprint density at radius 2 is 1.17 bits per heavy atom. The van der Waals surface area contributed by atoms with Crippen LogP contribution in [0, 0.1) is 0 Å². The molecule has 0 N–H and O–H groups in total. The van der Waals surface area contributed by atoms with Crippen LogP contribution in [0.25, 0.3) is 105 Å². The molecule has 0 aliphatic rings. The molecule has 0 aliphatic heterocycles. The molecule has 6 aromatic carbocycles. The average Bonchev–Trinajstić information content (AvgIpc) is 3.82. The summed E-state index contributed by atoms with van der Waals surface area (Å²) in [5.41, 5.74) is 7.30. The molecule has 5 heterocycles. The number of pyridine rings is 1. The van der Waals surface area contributed by atoms with Crippen LogP contribution in [-0.4, -0.2) is 19.5 Å². The SMILES string of the molecule is c1cncc(-c2nc(-n3c4c5ccccc5ccc4c4c5ccccc5c5c6ccccc6oc5c43)nc3c2oc2ccccc23)c1. The maximum Gasteiger partial charge on any atom is 0.236 e. The molecule has 0 spiro atoms. The Morgan fingerprint density at radius 3 is 1.98 bits per heavy atom. The van der Waals surface area contributed by atoms with Gasteiger partial charge in [0.25, 0.3) is 0 Å². The second kappa shape index (κ2) is 9.02. The van der Waals surface area contributed by atoms with Gasteiger partial charge in [-0.1, -0.05) is 91.0 Å². The van der Waals surface area contributed by atoms with E-state index in [0.717, 1.165) is 87.3 Å². The van der Waals surface area contributed by atoms with Gasteiger partial charge >= 0.3 is 0 Å². The minimum atomic E-state index is 0.538. The van der Waals surface area contributed by atoms with Gasteiger partial charge in [0.2, 0.25) is 5.95 Å². The van der Waals surface area contributed by atoms with Crippen molar-refractivity contribution in [1.29, 1.82) is 0 Å². The van der Waals surface area contributed by atoms with Gasteiger partial charge in [-0.25, -0.2) is 9.97 Å². The topological polar surface area (TPSA) is 69.9 Å². The quantitative estimate of drug-likeness (QED) is 0.197. The van der Waals surface area contributed by atoms with Crippen LogP contribution in [0.1, 0.15) is 0 Å². The Balaban J connectivity index is 1.44. The van der Waals surface area contributed by atoms with Crippen molar-refractivity contribution >= 4 is 87.4 Å². The molecule has 0 bridgehead atoms. The van der Waals surface area contributed by atoms with Gasteiger partial charge in [0.05, 0.1) is 5.52 Å². The van der Waals surface area contributed by atoms with Gasteiger partial charge in [-0.2, -0.15) is 0 Å².